The van der Waals surface area contributed by atoms with Crippen LogP contribution in [0.4, 0.5) is 5.69 Å². The van der Waals surface area contributed by atoms with Crippen LogP contribution in [-0.2, 0) is 32.5 Å². The van der Waals surface area contributed by atoms with Gasteiger partial charge in [0, 0.05) is 31.7 Å². The van der Waals surface area contributed by atoms with E-state index in [1.54, 1.807) is 21.9 Å². The first-order valence-corrected chi connectivity index (χ1v) is 13.4. The third-order valence-corrected chi connectivity index (χ3v) is 8.36. The van der Waals surface area contributed by atoms with Gasteiger partial charge in [0.1, 0.15) is 6.04 Å². The van der Waals surface area contributed by atoms with Gasteiger partial charge in [0.05, 0.1) is 4.90 Å². The van der Waals surface area contributed by atoms with E-state index in [1.165, 1.54) is 13.0 Å². The minimum atomic E-state index is -3.95. The summed E-state index contributed by atoms with van der Waals surface area (Å²) in [5, 5.41) is 0. The van der Waals surface area contributed by atoms with E-state index in [1.807, 2.05) is 37.3 Å². The van der Waals surface area contributed by atoms with Crippen LogP contribution < -0.4 is 9.62 Å². The van der Waals surface area contributed by atoms with E-state index >= 15 is 0 Å². The number of nitrogens with zero attached hydrogens (tertiary/aromatic N) is 2. The maximum absolute atomic E-state index is 13.4. The van der Waals surface area contributed by atoms with Gasteiger partial charge in [-0.05, 0) is 67.9 Å². The van der Waals surface area contributed by atoms with Crippen molar-refractivity contribution in [1.29, 1.82) is 0 Å². The molecule has 2 aromatic rings. The summed E-state index contributed by atoms with van der Waals surface area (Å²) in [5.41, 5.74) is 2.47. The molecule has 0 radical (unpaired) electrons. The number of carbonyl (C=O) groups is 2. The van der Waals surface area contributed by atoms with Gasteiger partial charge >= 0.3 is 0 Å². The average molecular weight is 484 g/mol. The zero-order chi connectivity index (χ0) is 24.5. The molecule has 7 nitrogen and oxygen atoms in total. The van der Waals surface area contributed by atoms with E-state index in [0.717, 1.165) is 29.7 Å². The predicted octanol–water partition coefficient (Wildman–Crippen LogP) is 3.13. The lowest BCUT2D eigenvalue weighted by molar-refractivity contribution is -0.134. The molecule has 182 valence electrons. The SMILES string of the molecule is CC(=O)N1c2ccc(S(=O)(=O)N[C@@H](Cc3ccccc3)C(=O)N3CCC(C)CC3)cc2C[C@H]1C. The lowest BCUT2D eigenvalue weighted by atomic mass is 9.98. The maximum Gasteiger partial charge on any atom is 0.241 e. The minimum absolute atomic E-state index is 0.0210. The van der Waals surface area contributed by atoms with Crippen molar-refractivity contribution in [3.05, 3.63) is 59.7 Å². The van der Waals surface area contributed by atoms with Gasteiger partial charge in [-0.2, -0.15) is 4.72 Å². The van der Waals surface area contributed by atoms with Crippen molar-refractivity contribution in [3.8, 4) is 0 Å². The summed E-state index contributed by atoms with van der Waals surface area (Å²) < 4.78 is 29.5. The molecule has 0 aliphatic carbocycles. The first-order valence-electron chi connectivity index (χ1n) is 11.9. The van der Waals surface area contributed by atoms with Gasteiger partial charge in [0.15, 0.2) is 0 Å². The lowest BCUT2D eigenvalue weighted by Gasteiger charge is -2.33. The number of hydrogen-bond donors (Lipinski definition) is 1. The Balaban J connectivity index is 1.59. The normalized spacial score (nSPS) is 19.7. The number of amides is 2. The molecule has 2 heterocycles. The van der Waals surface area contributed by atoms with Gasteiger partial charge in [-0.25, -0.2) is 8.42 Å². The number of piperidine rings is 1. The highest BCUT2D eigenvalue weighted by Gasteiger charge is 2.33. The molecule has 4 rings (SSSR count). The standard InChI is InChI=1S/C26H33N3O4S/c1-18-11-13-28(14-12-18)26(31)24(16-21-7-5-4-6-8-21)27-34(32,33)23-9-10-25-22(17-23)15-19(2)29(25)20(3)30/h4-10,17-19,24,27H,11-16H2,1-3H3/t19-,24+/m1/s1. The zero-order valence-electron chi connectivity index (χ0n) is 20.0. The number of rotatable bonds is 6. The van der Waals surface area contributed by atoms with E-state index in [-0.39, 0.29) is 29.2 Å². The van der Waals surface area contributed by atoms with Crippen molar-refractivity contribution >= 4 is 27.5 Å². The second-order valence-corrected chi connectivity index (χ2v) is 11.3. The molecular weight excluding hydrogens is 450 g/mol. The predicted molar refractivity (Wildman–Crippen MR) is 132 cm³/mol. The summed E-state index contributed by atoms with van der Waals surface area (Å²) in [6.07, 6.45) is 2.72. The quantitative estimate of drug-likeness (QED) is 0.684. The van der Waals surface area contributed by atoms with Crippen molar-refractivity contribution in [2.45, 2.75) is 63.4 Å². The van der Waals surface area contributed by atoms with Crippen LogP contribution in [0, 0.1) is 5.92 Å². The van der Waals surface area contributed by atoms with Crippen LogP contribution >= 0.6 is 0 Å². The molecule has 8 heteroatoms. The molecule has 0 unspecified atom stereocenters. The summed E-state index contributed by atoms with van der Waals surface area (Å²) in [5.74, 6) is 0.318. The first-order chi connectivity index (χ1) is 16.2. The van der Waals surface area contributed by atoms with Gasteiger partial charge in [-0.15, -0.1) is 0 Å². The highest BCUT2D eigenvalue weighted by molar-refractivity contribution is 7.89. The van der Waals surface area contributed by atoms with Gasteiger partial charge in [-0.3, -0.25) is 9.59 Å². The fourth-order valence-corrected chi connectivity index (χ4v) is 6.23. The summed E-state index contributed by atoms with van der Waals surface area (Å²) in [6.45, 7) is 6.92. The van der Waals surface area contributed by atoms with Crippen molar-refractivity contribution < 1.29 is 18.0 Å². The van der Waals surface area contributed by atoms with Gasteiger partial charge in [0.2, 0.25) is 21.8 Å². The Kier molecular flexibility index (Phi) is 7.09. The highest BCUT2D eigenvalue weighted by atomic mass is 32.2. The van der Waals surface area contributed by atoms with Crippen molar-refractivity contribution in [3.63, 3.8) is 0 Å². The first kappa shape index (κ1) is 24.4. The molecule has 2 aliphatic rings. The fourth-order valence-electron chi connectivity index (χ4n) is 4.99. The number of sulfonamides is 1. The Morgan fingerprint density at radius 3 is 2.38 bits per heavy atom. The van der Waals surface area contributed by atoms with E-state index in [2.05, 4.69) is 11.6 Å². The number of benzene rings is 2. The molecule has 2 atom stereocenters. The number of anilines is 1. The lowest BCUT2D eigenvalue weighted by Crippen LogP contribution is -2.51. The van der Waals surface area contributed by atoms with Gasteiger partial charge < -0.3 is 9.80 Å². The van der Waals surface area contributed by atoms with Crippen molar-refractivity contribution in [2.75, 3.05) is 18.0 Å². The summed E-state index contributed by atoms with van der Waals surface area (Å²) in [7, 11) is -3.95. The van der Waals surface area contributed by atoms with Crippen LogP contribution in [0.15, 0.2) is 53.4 Å². The van der Waals surface area contributed by atoms with Crippen LogP contribution in [0.2, 0.25) is 0 Å². The van der Waals surface area contributed by atoms with Gasteiger partial charge in [-0.1, -0.05) is 37.3 Å². The number of carbonyl (C=O) groups excluding carboxylic acids is 2. The highest BCUT2D eigenvalue weighted by Crippen LogP contribution is 2.34. The van der Waals surface area contributed by atoms with Crippen LogP contribution in [0.1, 0.15) is 44.7 Å². The Labute approximate surface area is 202 Å². The maximum atomic E-state index is 13.4. The molecule has 0 bridgehead atoms. The monoisotopic (exact) mass is 483 g/mol. The Morgan fingerprint density at radius 2 is 1.74 bits per heavy atom. The van der Waals surface area contributed by atoms with E-state index < -0.39 is 16.1 Å². The number of nitrogens with one attached hydrogen (secondary N) is 1. The minimum Gasteiger partial charge on any atom is -0.341 e. The van der Waals surface area contributed by atoms with Gasteiger partial charge in [0.25, 0.3) is 0 Å². The van der Waals surface area contributed by atoms with E-state index in [4.69, 9.17) is 0 Å². The molecule has 2 aromatic carbocycles. The molecule has 2 aliphatic heterocycles. The topological polar surface area (TPSA) is 86.8 Å². The molecule has 1 saturated heterocycles. The molecule has 34 heavy (non-hydrogen) atoms. The molecule has 1 N–H and O–H groups in total. The molecule has 2 amide bonds. The number of likely N-dealkylation sites (tertiary alicyclic amines) is 1. The van der Waals surface area contributed by atoms with Crippen LogP contribution in [0.25, 0.3) is 0 Å². The zero-order valence-corrected chi connectivity index (χ0v) is 20.8. The molecule has 0 aromatic heterocycles. The smallest absolute Gasteiger partial charge is 0.241 e. The number of fused-ring (bicyclic) bond motifs is 1. The van der Waals surface area contributed by atoms with Crippen LogP contribution in [-0.4, -0.2) is 50.3 Å². The van der Waals surface area contributed by atoms with E-state index in [9.17, 15) is 18.0 Å². The van der Waals surface area contributed by atoms with Crippen LogP contribution in [0.5, 0.6) is 0 Å². The van der Waals surface area contributed by atoms with Crippen molar-refractivity contribution in [1.82, 2.24) is 9.62 Å². The van der Waals surface area contributed by atoms with Crippen LogP contribution in [0.3, 0.4) is 0 Å². The van der Waals surface area contributed by atoms with E-state index in [0.29, 0.717) is 25.4 Å². The Hall–Kier alpha value is -2.71. The molecule has 0 saturated carbocycles. The number of hydrogen-bond acceptors (Lipinski definition) is 4. The van der Waals surface area contributed by atoms with Crippen molar-refractivity contribution in [2.24, 2.45) is 5.92 Å². The Bertz CT molecular complexity index is 1160. The second-order valence-electron chi connectivity index (χ2n) is 9.60. The largest absolute Gasteiger partial charge is 0.341 e. The molecular formula is C26H33N3O4S. The third kappa shape index (κ3) is 5.18. The molecule has 1 fully saturated rings. The third-order valence-electron chi connectivity index (χ3n) is 6.89. The average Bonchev–Trinajstić information content (AvgIpc) is 3.14. The fraction of sp³-hybridized carbons (Fsp3) is 0.462. The Morgan fingerprint density at radius 1 is 1.06 bits per heavy atom. The molecule has 0 spiro atoms. The summed E-state index contributed by atoms with van der Waals surface area (Å²) >= 11 is 0. The second kappa shape index (κ2) is 9.88. The summed E-state index contributed by atoms with van der Waals surface area (Å²) in [6, 6.07) is 13.4. The summed E-state index contributed by atoms with van der Waals surface area (Å²) in [4.78, 5) is 29.0.